The van der Waals surface area contributed by atoms with E-state index in [-0.39, 0.29) is 17.6 Å². The van der Waals surface area contributed by atoms with Crippen molar-refractivity contribution in [1.82, 2.24) is 14.5 Å². The molecule has 1 aliphatic heterocycles. The lowest BCUT2D eigenvalue weighted by Crippen LogP contribution is -2.41. The summed E-state index contributed by atoms with van der Waals surface area (Å²) in [6, 6.07) is 4.83. The van der Waals surface area contributed by atoms with Crippen molar-refractivity contribution in [2.45, 2.75) is 6.04 Å². The molecule has 2 aromatic rings. The molecule has 6 nitrogen and oxygen atoms in total. The number of anilines is 1. The standard InChI is InChI=1S/C12H14N4O2S/c1-15-9-3-2-7(13)4-10(9)16(12(15)18)11(17)8-5-19-6-14-8/h2-4,8,14H,5-6,13H2,1H3. The Bertz CT molecular complexity index is 712. The lowest BCUT2D eigenvalue weighted by atomic mass is 10.2. The van der Waals surface area contributed by atoms with Crippen LogP contribution >= 0.6 is 11.8 Å². The van der Waals surface area contributed by atoms with Crippen LogP contribution in [0.2, 0.25) is 0 Å². The zero-order chi connectivity index (χ0) is 13.6. The quantitative estimate of drug-likeness (QED) is 0.730. The third kappa shape index (κ3) is 1.85. The van der Waals surface area contributed by atoms with E-state index in [1.54, 1.807) is 37.0 Å². The molecular formula is C12H14N4O2S. The van der Waals surface area contributed by atoms with E-state index in [4.69, 9.17) is 5.73 Å². The van der Waals surface area contributed by atoms with E-state index in [0.717, 1.165) is 5.88 Å². The Kier molecular flexibility index (Phi) is 2.87. The second-order valence-electron chi connectivity index (χ2n) is 4.54. The molecule has 0 radical (unpaired) electrons. The van der Waals surface area contributed by atoms with Gasteiger partial charge in [0.2, 0.25) is 0 Å². The number of hydrogen-bond donors (Lipinski definition) is 2. The number of benzene rings is 1. The number of nitrogens with zero attached hydrogens (tertiary/aromatic N) is 2. The van der Waals surface area contributed by atoms with Gasteiger partial charge in [0.1, 0.15) is 0 Å². The van der Waals surface area contributed by atoms with Gasteiger partial charge in [0.05, 0.1) is 17.1 Å². The molecule has 3 rings (SSSR count). The van der Waals surface area contributed by atoms with Crippen LogP contribution in [-0.2, 0) is 7.05 Å². The number of nitrogen functional groups attached to an aromatic ring is 1. The molecule has 19 heavy (non-hydrogen) atoms. The Hall–Kier alpha value is -1.73. The number of aromatic nitrogens is 2. The lowest BCUT2D eigenvalue weighted by Gasteiger charge is -2.08. The van der Waals surface area contributed by atoms with Crippen molar-refractivity contribution in [3.05, 3.63) is 28.7 Å². The van der Waals surface area contributed by atoms with Crippen LogP contribution in [0.5, 0.6) is 0 Å². The smallest absolute Gasteiger partial charge is 0.335 e. The predicted molar refractivity (Wildman–Crippen MR) is 76.5 cm³/mol. The Balaban J connectivity index is 2.22. The molecule has 1 aliphatic rings. The first-order valence-corrected chi connectivity index (χ1v) is 7.07. The number of fused-ring (bicyclic) bond motifs is 1. The van der Waals surface area contributed by atoms with Crippen LogP contribution in [-0.4, -0.2) is 32.7 Å². The van der Waals surface area contributed by atoms with Gasteiger partial charge in [0, 0.05) is 24.4 Å². The van der Waals surface area contributed by atoms with Gasteiger partial charge < -0.3 is 5.73 Å². The van der Waals surface area contributed by atoms with E-state index in [1.165, 1.54) is 9.13 Å². The van der Waals surface area contributed by atoms with Crippen LogP contribution in [0.15, 0.2) is 23.0 Å². The lowest BCUT2D eigenvalue weighted by molar-refractivity contribution is 0.0877. The molecule has 2 heterocycles. The van der Waals surface area contributed by atoms with Crippen molar-refractivity contribution in [3.8, 4) is 0 Å². The molecule has 0 saturated carbocycles. The Morgan fingerprint density at radius 3 is 2.95 bits per heavy atom. The summed E-state index contributed by atoms with van der Waals surface area (Å²) in [5.41, 5.74) is 7.23. The molecular weight excluding hydrogens is 264 g/mol. The summed E-state index contributed by atoms with van der Waals surface area (Å²) in [4.78, 5) is 24.7. The number of hydrogen-bond acceptors (Lipinski definition) is 5. The van der Waals surface area contributed by atoms with Crippen LogP contribution in [0, 0.1) is 0 Å². The fraction of sp³-hybridized carbons (Fsp3) is 0.333. The summed E-state index contributed by atoms with van der Waals surface area (Å²) in [5.74, 6) is 1.20. The summed E-state index contributed by atoms with van der Waals surface area (Å²) in [6.45, 7) is 0. The van der Waals surface area contributed by atoms with E-state index in [9.17, 15) is 9.59 Å². The number of carbonyl (C=O) groups excluding carboxylic acids is 1. The first-order valence-electron chi connectivity index (χ1n) is 5.92. The summed E-state index contributed by atoms with van der Waals surface area (Å²) in [6.07, 6.45) is 0. The highest BCUT2D eigenvalue weighted by Gasteiger charge is 2.27. The third-order valence-corrected chi connectivity index (χ3v) is 4.25. The van der Waals surface area contributed by atoms with Gasteiger partial charge >= 0.3 is 5.69 Å². The van der Waals surface area contributed by atoms with Crippen molar-refractivity contribution < 1.29 is 4.79 Å². The monoisotopic (exact) mass is 278 g/mol. The molecule has 7 heteroatoms. The minimum atomic E-state index is -0.329. The second-order valence-corrected chi connectivity index (χ2v) is 5.57. The highest BCUT2D eigenvalue weighted by atomic mass is 32.2. The fourth-order valence-corrected chi connectivity index (χ4v) is 3.21. The van der Waals surface area contributed by atoms with E-state index >= 15 is 0 Å². The molecule has 0 amide bonds. The van der Waals surface area contributed by atoms with Crippen LogP contribution < -0.4 is 16.7 Å². The SMILES string of the molecule is Cn1c(=O)n(C(=O)C2CSCN2)c2cc(N)ccc21. The van der Waals surface area contributed by atoms with E-state index in [2.05, 4.69) is 5.32 Å². The Morgan fingerprint density at radius 2 is 2.26 bits per heavy atom. The maximum atomic E-state index is 12.4. The van der Waals surface area contributed by atoms with E-state index < -0.39 is 0 Å². The van der Waals surface area contributed by atoms with Gasteiger partial charge in [-0.3, -0.25) is 14.7 Å². The van der Waals surface area contributed by atoms with Crippen LogP contribution in [0.4, 0.5) is 5.69 Å². The minimum absolute atomic E-state index is 0.216. The maximum Gasteiger partial charge on any atom is 0.335 e. The summed E-state index contributed by atoms with van der Waals surface area (Å²) in [7, 11) is 1.65. The molecule has 1 atom stereocenters. The number of nitrogens with two attached hydrogens (primary N) is 1. The first-order chi connectivity index (χ1) is 9.09. The van der Waals surface area contributed by atoms with Crippen LogP contribution in [0.25, 0.3) is 11.0 Å². The number of rotatable bonds is 1. The number of thioether (sulfide) groups is 1. The van der Waals surface area contributed by atoms with Gasteiger partial charge in [-0.1, -0.05) is 0 Å². The molecule has 1 aromatic carbocycles. The average molecular weight is 278 g/mol. The largest absolute Gasteiger partial charge is 0.399 e. The van der Waals surface area contributed by atoms with E-state index in [0.29, 0.717) is 22.5 Å². The van der Waals surface area contributed by atoms with Gasteiger partial charge in [-0.25, -0.2) is 9.36 Å². The van der Waals surface area contributed by atoms with Gasteiger partial charge in [-0.15, -0.1) is 11.8 Å². The summed E-state index contributed by atoms with van der Waals surface area (Å²) < 4.78 is 2.68. The summed E-state index contributed by atoms with van der Waals surface area (Å²) in [5, 5.41) is 3.08. The zero-order valence-corrected chi connectivity index (χ0v) is 11.2. The molecule has 1 fully saturated rings. The topological polar surface area (TPSA) is 82.0 Å². The van der Waals surface area contributed by atoms with Gasteiger partial charge in [0.15, 0.2) is 0 Å². The Morgan fingerprint density at radius 1 is 1.47 bits per heavy atom. The molecule has 1 aromatic heterocycles. The minimum Gasteiger partial charge on any atom is -0.399 e. The second kappa shape index (κ2) is 4.43. The van der Waals surface area contributed by atoms with Gasteiger partial charge in [0.25, 0.3) is 5.91 Å². The van der Waals surface area contributed by atoms with Gasteiger partial charge in [-0.05, 0) is 18.2 Å². The molecule has 0 bridgehead atoms. The van der Waals surface area contributed by atoms with Crippen LogP contribution in [0.3, 0.4) is 0 Å². The highest BCUT2D eigenvalue weighted by Crippen LogP contribution is 2.18. The number of carbonyl (C=O) groups is 1. The van der Waals surface area contributed by atoms with Gasteiger partial charge in [-0.2, -0.15) is 0 Å². The molecule has 0 aliphatic carbocycles. The molecule has 1 saturated heterocycles. The molecule has 3 N–H and O–H groups in total. The molecule has 1 unspecified atom stereocenters. The molecule has 100 valence electrons. The molecule has 0 spiro atoms. The third-order valence-electron chi connectivity index (χ3n) is 3.31. The Labute approximate surface area is 113 Å². The van der Waals surface area contributed by atoms with Crippen molar-refractivity contribution in [3.63, 3.8) is 0 Å². The van der Waals surface area contributed by atoms with Crippen molar-refractivity contribution in [1.29, 1.82) is 0 Å². The van der Waals surface area contributed by atoms with Crippen molar-refractivity contribution in [2.75, 3.05) is 17.4 Å². The maximum absolute atomic E-state index is 12.4. The van der Waals surface area contributed by atoms with Crippen molar-refractivity contribution >= 4 is 34.4 Å². The number of aryl methyl sites for hydroxylation is 1. The predicted octanol–water partition coefficient (Wildman–Crippen LogP) is 0.225. The number of nitrogens with one attached hydrogen (secondary N) is 1. The average Bonchev–Trinajstić information content (AvgIpc) is 2.98. The summed E-state index contributed by atoms with van der Waals surface area (Å²) >= 11 is 1.65. The highest BCUT2D eigenvalue weighted by molar-refractivity contribution is 7.99. The zero-order valence-electron chi connectivity index (χ0n) is 10.4. The van der Waals surface area contributed by atoms with Crippen molar-refractivity contribution in [2.24, 2.45) is 7.05 Å². The van der Waals surface area contributed by atoms with E-state index in [1.807, 2.05) is 0 Å². The fourth-order valence-electron chi connectivity index (χ4n) is 2.28. The van der Waals surface area contributed by atoms with Crippen LogP contribution in [0.1, 0.15) is 4.79 Å². The first kappa shape index (κ1) is 12.3. The number of imidazole rings is 1. The normalized spacial score (nSPS) is 19.1.